The molecule has 3 rings (SSSR count). The summed E-state index contributed by atoms with van der Waals surface area (Å²) in [7, 11) is 2.05. The van der Waals surface area contributed by atoms with Gasteiger partial charge in [-0.05, 0) is 49.9 Å². The molecule has 1 N–H and O–H groups in total. The molecule has 1 unspecified atom stereocenters. The molecular formula is C14H19FN2. The molecule has 0 aromatic heterocycles. The number of hydrogen-bond acceptors (Lipinski definition) is 2. The third-order valence-electron chi connectivity index (χ3n) is 4.47. The fraction of sp³-hybridized carbons (Fsp3) is 0.571. The normalized spacial score (nSPS) is 26.2. The Hall–Kier alpha value is -1.09. The lowest BCUT2D eigenvalue weighted by molar-refractivity contribution is 0.360. The first-order chi connectivity index (χ1) is 8.23. The van der Waals surface area contributed by atoms with E-state index in [9.17, 15) is 4.39 Å². The number of hydrogen-bond donors (Lipinski definition) is 1. The molecule has 1 saturated heterocycles. The van der Waals surface area contributed by atoms with E-state index >= 15 is 0 Å². The van der Waals surface area contributed by atoms with Crippen LogP contribution in [0.15, 0.2) is 24.3 Å². The van der Waals surface area contributed by atoms with Crippen molar-refractivity contribution in [3.05, 3.63) is 30.1 Å². The van der Waals surface area contributed by atoms with E-state index in [0.717, 1.165) is 24.8 Å². The van der Waals surface area contributed by atoms with E-state index < -0.39 is 0 Å². The van der Waals surface area contributed by atoms with Gasteiger partial charge in [0, 0.05) is 24.8 Å². The summed E-state index contributed by atoms with van der Waals surface area (Å²) in [6.07, 6.45) is 3.78. The summed E-state index contributed by atoms with van der Waals surface area (Å²) in [5, 5.41) is 3.38. The third-order valence-corrected chi connectivity index (χ3v) is 4.47. The van der Waals surface area contributed by atoms with Gasteiger partial charge in [0.05, 0.1) is 0 Å². The average molecular weight is 234 g/mol. The summed E-state index contributed by atoms with van der Waals surface area (Å²) in [5.74, 6) is -0.137. The topological polar surface area (TPSA) is 15.3 Å². The lowest BCUT2D eigenvalue weighted by Crippen LogP contribution is -2.37. The molecule has 1 heterocycles. The Morgan fingerprint density at radius 1 is 1.35 bits per heavy atom. The van der Waals surface area contributed by atoms with Crippen molar-refractivity contribution in [2.75, 3.05) is 25.0 Å². The van der Waals surface area contributed by atoms with Crippen molar-refractivity contribution in [1.82, 2.24) is 5.32 Å². The molecule has 0 bridgehead atoms. The summed E-state index contributed by atoms with van der Waals surface area (Å²) in [5.41, 5.74) is 1.58. The van der Waals surface area contributed by atoms with Crippen LogP contribution < -0.4 is 10.2 Å². The molecule has 1 aliphatic heterocycles. The average Bonchev–Trinajstić information content (AvgIpc) is 3.03. The van der Waals surface area contributed by atoms with Gasteiger partial charge in [-0.15, -0.1) is 0 Å². The van der Waals surface area contributed by atoms with E-state index in [0.29, 0.717) is 5.41 Å². The highest BCUT2D eigenvalue weighted by molar-refractivity contribution is 5.47. The smallest absolute Gasteiger partial charge is 0.125 e. The van der Waals surface area contributed by atoms with Crippen LogP contribution in [-0.2, 0) is 0 Å². The molecule has 0 amide bonds. The van der Waals surface area contributed by atoms with Crippen LogP contribution in [-0.4, -0.2) is 26.2 Å². The molecule has 1 saturated carbocycles. The number of piperidine rings is 1. The second-order valence-electron chi connectivity index (χ2n) is 5.37. The summed E-state index contributed by atoms with van der Waals surface area (Å²) < 4.78 is 13.2. The van der Waals surface area contributed by atoms with Gasteiger partial charge in [-0.3, -0.25) is 0 Å². The van der Waals surface area contributed by atoms with Crippen molar-refractivity contribution >= 4 is 5.69 Å². The summed E-state index contributed by atoms with van der Waals surface area (Å²) in [6, 6.07) is 7.66. The van der Waals surface area contributed by atoms with E-state index in [1.54, 1.807) is 12.1 Å². The maximum Gasteiger partial charge on any atom is 0.125 e. The Labute approximate surface area is 102 Å². The molecule has 1 aliphatic carbocycles. The first-order valence-corrected chi connectivity index (χ1v) is 6.41. The van der Waals surface area contributed by atoms with Crippen molar-refractivity contribution in [3.63, 3.8) is 0 Å². The Morgan fingerprint density at radius 2 is 2.12 bits per heavy atom. The Bertz CT molecular complexity index is 410. The van der Waals surface area contributed by atoms with Crippen molar-refractivity contribution in [2.24, 2.45) is 5.41 Å². The molecule has 1 aromatic rings. The number of nitrogens with one attached hydrogen (secondary N) is 1. The second-order valence-corrected chi connectivity index (χ2v) is 5.37. The quantitative estimate of drug-likeness (QED) is 0.845. The lowest BCUT2D eigenvalue weighted by atomic mass is 9.92. The highest BCUT2D eigenvalue weighted by atomic mass is 19.1. The fourth-order valence-electron chi connectivity index (χ4n) is 3.19. The first kappa shape index (κ1) is 11.0. The first-order valence-electron chi connectivity index (χ1n) is 6.41. The summed E-state index contributed by atoms with van der Waals surface area (Å²) in [6.45, 7) is 2.11. The van der Waals surface area contributed by atoms with Crippen LogP contribution in [0.4, 0.5) is 10.1 Å². The highest BCUT2D eigenvalue weighted by Crippen LogP contribution is 2.53. The summed E-state index contributed by atoms with van der Waals surface area (Å²) in [4.78, 5) is 2.30. The Morgan fingerprint density at radius 3 is 2.71 bits per heavy atom. The zero-order valence-electron chi connectivity index (χ0n) is 10.2. The van der Waals surface area contributed by atoms with Gasteiger partial charge in [-0.25, -0.2) is 4.39 Å². The standard InChI is InChI=1S/C14H19FN2/c1-16-13-10-14(13)5-7-17(8-6-14)12-4-2-3-11(15)9-12/h2-4,9,13,16H,5-8,10H2,1H3. The fourth-order valence-corrected chi connectivity index (χ4v) is 3.19. The van der Waals surface area contributed by atoms with Crippen LogP contribution in [0.2, 0.25) is 0 Å². The maximum atomic E-state index is 13.2. The number of nitrogens with zero attached hydrogens (tertiary/aromatic N) is 1. The predicted octanol–water partition coefficient (Wildman–Crippen LogP) is 2.40. The largest absolute Gasteiger partial charge is 0.371 e. The van der Waals surface area contributed by atoms with Gasteiger partial charge in [0.25, 0.3) is 0 Å². The van der Waals surface area contributed by atoms with Crippen LogP contribution in [0.25, 0.3) is 0 Å². The number of benzene rings is 1. The van der Waals surface area contributed by atoms with E-state index in [2.05, 4.69) is 17.3 Å². The molecule has 2 aliphatic rings. The van der Waals surface area contributed by atoms with Crippen molar-refractivity contribution in [1.29, 1.82) is 0 Å². The Kier molecular flexibility index (Phi) is 2.58. The molecule has 1 atom stereocenters. The number of halogens is 1. The zero-order chi connectivity index (χ0) is 11.9. The molecule has 92 valence electrons. The van der Waals surface area contributed by atoms with E-state index in [4.69, 9.17) is 0 Å². The molecule has 2 nitrogen and oxygen atoms in total. The van der Waals surface area contributed by atoms with Crippen LogP contribution >= 0.6 is 0 Å². The van der Waals surface area contributed by atoms with E-state index in [1.807, 2.05) is 6.07 Å². The molecule has 1 aromatic carbocycles. The minimum absolute atomic E-state index is 0.137. The molecular weight excluding hydrogens is 215 g/mol. The van der Waals surface area contributed by atoms with Crippen LogP contribution in [0.3, 0.4) is 0 Å². The summed E-state index contributed by atoms with van der Waals surface area (Å²) >= 11 is 0. The monoisotopic (exact) mass is 234 g/mol. The third kappa shape index (κ3) is 1.93. The molecule has 17 heavy (non-hydrogen) atoms. The van der Waals surface area contributed by atoms with Crippen molar-refractivity contribution in [3.8, 4) is 0 Å². The molecule has 2 fully saturated rings. The van der Waals surface area contributed by atoms with Crippen LogP contribution in [0.1, 0.15) is 19.3 Å². The SMILES string of the molecule is CNC1CC12CCN(c1cccc(F)c1)CC2. The highest BCUT2D eigenvalue weighted by Gasteiger charge is 2.53. The predicted molar refractivity (Wildman–Crippen MR) is 67.7 cm³/mol. The van der Waals surface area contributed by atoms with Gasteiger partial charge in [0.15, 0.2) is 0 Å². The van der Waals surface area contributed by atoms with Gasteiger partial charge >= 0.3 is 0 Å². The molecule has 0 radical (unpaired) electrons. The Balaban J connectivity index is 1.66. The lowest BCUT2D eigenvalue weighted by Gasteiger charge is -2.34. The van der Waals surface area contributed by atoms with Crippen molar-refractivity contribution in [2.45, 2.75) is 25.3 Å². The van der Waals surface area contributed by atoms with Gasteiger partial charge in [-0.1, -0.05) is 6.07 Å². The number of anilines is 1. The molecule has 1 spiro atoms. The van der Waals surface area contributed by atoms with Gasteiger partial charge < -0.3 is 10.2 Å². The van der Waals surface area contributed by atoms with E-state index in [1.165, 1.54) is 25.3 Å². The second kappa shape index (κ2) is 3.98. The van der Waals surface area contributed by atoms with Gasteiger partial charge in [0.2, 0.25) is 0 Å². The number of rotatable bonds is 2. The van der Waals surface area contributed by atoms with Gasteiger partial charge in [0.1, 0.15) is 5.82 Å². The van der Waals surface area contributed by atoms with Crippen molar-refractivity contribution < 1.29 is 4.39 Å². The zero-order valence-corrected chi connectivity index (χ0v) is 10.2. The minimum atomic E-state index is -0.137. The van der Waals surface area contributed by atoms with E-state index in [-0.39, 0.29) is 5.82 Å². The maximum absolute atomic E-state index is 13.2. The minimum Gasteiger partial charge on any atom is -0.371 e. The molecule has 3 heteroatoms. The van der Waals surface area contributed by atoms with Gasteiger partial charge in [-0.2, -0.15) is 0 Å². The van der Waals surface area contributed by atoms with Crippen LogP contribution in [0.5, 0.6) is 0 Å². The van der Waals surface area contributed by atoms with Crippen LogP contribution in [0, 0.1) is 11.2 Å².